The van der Waals surface area contributed by atoms with Crippen molar-refractivity contribution in [2.45, 2.75) is 13.1 Å². The van der Waals surface area contributed by atoms with Crippen molar-refractivity contribution < 1.29 is 4.79 Å². The molecule has 29 heavy (non-hydrogen) atoms. The first kappa shape index (κ1) is 20.0. The van der Waals surface area contributed by atoms with Gasteiger partial charge in [-0.1, -0.05) is 36.4 Å². The van der Waals surface area contributed by atoms with Gasteiger partial charge in [0.25, 0.3) is 0 Å². The second-order valence-electron chi connectivity index (χ2n) is 8.02. The first-order valence-electron chi connectivity index (χ1n) is 10.6. The third-order valence-corrected chi connectivity index (χ3v) is 5.91. The number of hydrogen-bond donors (Lipinski definition) is 0. The fourth-order valence-electron chi connectivity index (χ4n) is 4.11. The summed E-state index contributed by atoms with van der Waals surface area (Å²) in [6.45, 7) is 9.90. The van der Waals surface area contributed by atoms with Gasteiger partial charge in [-0.3, -0.25) is 24.5 Å². The van der Waals surface area contributed by atoms with Crippen molar-refractivity contribution in [2.24, 2.45) is 0 Å². The number of carbonyl (C=O) groups is 1. The Morgan fingerprint density at radius 3 is 2.03 bits per heavy atom. The van der Waals surface area contributed by atoms with Gasteiger partial charge in [0.15, 0.2) is 0 Å². The molecular weight excluding hydrogens is 362 g/mol. The molecule has 6 nitrogen and oxygen atoms in total. The number of nitrogens with zero attached hydrogens (tertiary/aromatic N) is 5. The van der Waals surface area contributed by atoms with Gasteiger partial charge in [0.05, 0.1) is 12.2 Å². The van der Waals surface area contributed by atoms with Crippen LogP contribution in [0.2, 0.25) is 0 Å². The van der Waals surface area contributed by atoms with Crippen molar-refractivity contribution in [3.8, 4) is 0 Å². The molecular formula is C23H31N5O. The molecule has 2 saturated heterocycles. The Morgan fingerprint density at radius 2 is 1.34 bits per heavy atom. The molecule has 4 rings (SSSR count). The van der Waals surface area contributed by atoms with E-state index in [0.29, 0.717) is 6.54 Å². The largest absolute Gasteiger partial charge is 0.339 e. The molecule has 0 radical (unpaired) electrons. The van der Waals surface area contributed by atoms with Crippen LogP contribution in [-0.2, 0) is 17.9 Å². The molecule has 0 N–H and O–H groups in total. The molecule has 0 atom stereocenters. The Labute approximate surface area is 173 Å². The second kappa shape index (κ2) is 9.96. The van der Waals surface area contributed by atoms with E-state index in [1.165, 1.54) is 5.56 Å². The maximum atomic E-state index is 12.7. The molecule has 2 fully saturated rings. The Morgan fingerprint density at radius 1 is 0.724 bits per heavy atom. The van der Waals surface area contributed by atoms with Crippen molar-refractivity contribution >= 4 is 5.91 Å². The summed E-state index contributed by atoms with van der Waals surface area (Å²) in [5, 5.41) is 0. The van der Waals surface area contributed by atoms with E-state index in [9.17, 15) is 4.79 Å². The molecule has 2 aromatic rings. The first-order valence-corrected chi connectivity index (χ1v) is 10.6. The summed E-state index contributed by atoms with van der Waals surface area (Å²) in [4.78, 5) is 26.4. The van der Waals surface area contributed by atoms with E-state index in [4.69, 9.17) is 0 Å². The van der Waals surface area contributed by atoms with Gasteiger partial charge < -0.3 is 4.90 Å². The van der Waals surface area contributed by atoms with Crippen LogP contribution in [0.3, 0.4) is 0 Å². The lowest BCUT2D eigenvalue weighted by atomic mass is 10.2. The molecule has 1 amide bonds. The summed E-state index contributed by atoms with van der Waals surface area (Å²) in [6.07, 6.45) is 1.85. The third-order valence-electron chi connectivity index (χ3n) is 5.91. The fourth-order valence-corrected chi connectivity index (χ4v) is 4.11. The molecule has 0 bridgehead atoms. The smallest absolute Gasteiger partial charge is 0.236 e. The lowest BCUT2D eigenvalue weighted by Gasteiger charge is -2.38. The Balaban J connectivity index is 1.16. The number of amides is 1. The molecule has 3 heterocycles. The lowest BCUT2D eigenvalue weighted by Crippen LogP contribution is -2.53. The van der Waals surface area contributed by atoms with Gasteiger partial charge in [0.1, 0.15) is 0 Å². The van der Waals surface area contributed by atoms with E-state index >= 15 is 0 Å². The van der Waals surface area contributed by atoms with E-state index in [-0.39, 0.29) is 5.91 Å². The van der Waals surface area contributed by atoms with E-state index in [0.717, 1.165) is 71.1 Å². The zero-order valence-electron chi connectivity index (χ0n) is 17.1. The van der Waals surface area contributed by atoms with Crippen molar-refractivity contribution in [3.63, 3.8) is 0 Å². The van der Waals surface area contributed by atoms with Crippen molar-refractivity contribution in [1.29, 1.82) is 0 Å². The summed E-state index contributed by atoms with van der Waals surface area (Å²) in [5.74, 6) is 0.280. The Bertz CT molecular complexity index is 753. The van der Waals surface area contributed by atoms with E-state index in [1.807, 2.05) is 23.2 Å². The van der Waals surface area contributed by atoms with Crippen LogP contribution in [0.25, 0.3) is 0 Å². The maximum absolute atomic E-state index is 12.7. The van der Waals surface area contributed by atoms with Crippen LogP contribution >= 0.6 is 0 Å². The second-order valence-corrected chi connectivity index (χ2v) is 8.02. The van der Waals surface area contributed by atoms with Crippen molar-refractivity contribution in [3.05, 3.63) is 66.0 Å². The SMILES string of the molecule is O=C(CN1CCN(Cc2ccccn2)CC1)N1CCN(Cc2ccccc2)CC1. The summed E-state index contributed by atoms with van der Waals surface area (Å²) >= 11 is 0. The normalized spacial score (nSPS) is 19.4. The number of pyridine rings is 1. The Hall–Kier alpha value is -2.28. The molecule has 0 spiro atoms. The summed E-state index contributed by atoms with van der Waals surface area (Å²) in [5.41, 5.74) is 2.46. The molecule has 2 aliphatic heterocycles. The van der Waals surface area contributed by atoms with Gasteiger partial charge in [-0.05, 0) is 17.7 Å². The van der Waals surface area contributed by atoms with E-state index in [2.05, 4.69) is 56.1 Å². The highest BCUT2D eigenvalue weighted by molar-refractivity contribution is 5.78. The van der Waals surface area contributed by atoms with E-state index < -0.39 is 0 Å². The maximum Gasteiger partial charge on any atom is 0.236 e. The summed E-state index contributed by atoms with van der Waals surface area (Å²) in [6, 6.07) is 16.6. The zero-order valence-corrected chi connectivity index (χ0v) is 17.1. The molecule has 2 aliphatic rings. The lowest BCUT2D eigenvalue weighted by molar-refractivity contribution is -0.134. The number of aromatic nitrogens is 1. The first-order chi connectivity index (χ1) is 14.3. The number of carbonyl (C=O) groups excluding carboxylic acids is 1. The monoisotopic (exact) mass is 393 g/mol. The van der Waals surface area contributed by atoms with E-state index in [1.54, 1.807) is 0 Å². The van der Waals surface area contributed by atoms with Crippen LogP contribution in [0.4, 0.5) is 0 Å². The van der Waals surface area contributed by atoms with Crippen LogP contribution in [0.5, 0.6) is 0 Å². The van der Waals surface area contributed by atoms with Crippen molar-refractivity contribution in [2.75, 3.05) is 58.9 Å². The number of hydrogen-bond acceptors (Lipinski definition) is 5. The minimum Gasteiger partial charge on any atom is -0.339 e. The van der Waals surface area contributed by atoms with Crippen molar-refractivity contribution in [1.82, 2.24) is 24.6 Å². The van der Waals surface area contributed by atoms with Crippen LogP contribution in [0.1, 0.15) is 11.3 Å². The highest BCUT2D eigenvalue weighted by Gasteiger charge is 2.24. The molecule has 0 unspecified atom stereocenters. The molecule has 6 heteroatoms. The topological polar surface area (TPSA) is 42.9 Å². The molecule has 0 aliphatic carbocycles. The van der Waals surface area contributed by atoms with Crippen LogP contribution < -0.4 is 0 Å². The minimum absolute atomic E-state index is 0.280. The molecule has 154 valence electrons. The van der Waals surface area contributed by atoms with Gasteiger partial charge in [0.2, 0.25) is 5.91 Å². The molecule has 1 aromatic heterocycles. The third kappa shape index (κ3) is 5.85. The van der Waals surface area contributed by atoms with Gasteiger partial charge in [-0.15, -0.1) is 0 Å². The van der Waals surface area contributed by atoms with Crippen LogP contribution in [0, 0.1) is 0 Å². The predicted molar refractivity (Wildman–Crippen MR) is 114 cm³/mol. The Kier molecular flexibility index (Phi) is 6.87. The fraction of sp³-hybridized carbons (Fsp3) is 0.478. The van der Waals surface area contributed by atoms with Gasteiger partial charge in [-0.25, -0.2) is 0 Å². The summed E-state index contributed by atoms with van der Waals surface area (Å²) < 4.78 is 0. The highest BCUT2D eigenvalue weighted by Crippen LogP contribution is 2.10. The highest BCUT2D eigenvalue weighted by atomic mass is 16.2. The van der Waals surface area contributed by atoms with Gasteiger partial charge in [0, 0.05) is 71.6 Å². The molecule has 0 saturated carbocycles. The zero-order chi connectivity index (χ0) is 19.9. The minimum atomic E-state index is 0.280. The number of piperazine rings is 2. The summed E-state index contributed by atoms with van der Waals surface area (Å²) in [7, 11) is 0. The number of benzene rings is 1. The van der Waals surface area contributed by atoms with Gasteiger partial charge >= 0.3 is 0 Å². The molecule has 1 aromatic carbocycles. The number of rotatable bonds is 6. The average molecular weight is 394 g/mol. The predicted octanol–water partition coefficient (Wildman–Crippen LogP) is 1.54. The van der Waals surface area contributed by atoms with Crippen LogP contribution in [0.15, 0.2) is 54.7 Å². The van der Waals surface area contributed by atoms with Crippen LogP contribution in [-0.4, -0.2) is 89.4 Å². The average Bonchev–Trinajstić information content (AvgIpc) is 2.77. The standard InChI is InChI=1S/C23H31N5O/c29-23(28-16-14-25(15-17-28)18-21-6-2-1-3-7-21)20-27-12-10-26(11-13-27)19-22-8-4-5-9-24-22/h1-9H,10-20H2. The quantitative estimate of drug-likeness (QED) is 0.745. The van der Waals surface area contributed by atoms with Gasteiger partial charge in [-0.2, -0.15) is 0 Å².